The lowest BCUT2D eigenvalue weighted by atomic mass is 10.1. The Balaban J connectivity index is 3.57. The molecule has 1 aromatic rings. The molecule has 0 unspecified atom stereocenters. The lowest BCUT2D eigenvalue weighted by Gasteiger charge is -2.05. The van der Waals surface area contributed by atoms with Gasteiger partial charge in [0.05, 0.1) is 10.5 Å². The van der Waals surface area contributed by atoms with Crippen LogP contribution < -0.4 is 0 Å². The van der Waals surface area contributed by atoms with Crippen molar-refractivity contribution < 1.29 is 8.42 Å². The van der Waals surface area contributed by atoms with E-state index in [0.717, 1.165) is 0 Å². The quantitative estimate of drug-likeness (QED) is 0.591. The Morgan fingerprint density at radius 3 is 2.47 bits per heavy atom. The minimum absolute atomic E-state index is 0.00640. The van der Waals surface area contributed by atoms with Crippen molar-refractivity contribution in [1.29, 1.82) is 5.26 Å². The fourth-order valence-corrected chi connectivity index (χ4v) is 3.38. The number of alkyl halides is 1. The van der Waals surface area contributed by atoms with Crippen LogP contribution in [0.3, 0.4) is 0 Å². The highest BCUT2D eigenvalue weighted by molar-refractivity contribution is 9.10. The second-order valence-corrected chi connectivity index (χ2v) is 6.57. The molecule has 0 saturated heterocycles. The molecule has 0 amide bonds. The van der Waals surface area contributed by atoms with Crippen LogP contribution in [-0.4, -0.2) is 8.42 Å². The lowest BCUT2D eigenvalue weighted by molar-refractivity contribution is 0.609. The Morgan fingerprint density at radius 2 is 2.07 bits per heavy atom. The highest BCUT2D eigenvalue weighted by atomic mass is 79.9. The van der Waals surface area contributed by atoms with Gasteiger partial charge in [-0.25, -0.2) is 8.42 Å². The van der Waals surface area contributed by atoms with Crippen LogP contribution in [0.25, 0.3) is 0 Å². The number of halogens is 3. The molecule has 15 heavy (non-hydrogen) atoms. The summed E-state index contributed by atoms with van der Waals surface area (Å²) in [6.07, 6.45) is 0. The van der Waals surface area contributed by atoms with Gasteiger partial charge in [-0.1, -0.05) is 15.9 Å². The van der Waals surface area contributed by atoms with Crippen molar-refractivity contribution in [2.45, 2.75) is 10.2 Å². The maximum atomic E-state index is 11.2. The molecule has 0 aliphatic rings. The summed E-state index contributed by atoms with van der Waals surface area (Å²) in [6.45, 7) is 0. The maximum absolute atomic E-state index is 11.2. The first-order valence-electron chi connectivity index (χ1n) is 3.63. The number of nitriles is 1. The van der Waals surface area contributed by atoms with Crippen LogP contribution in [0.2, 0.25) is 0 Å². The second-order valence-electron chi connectivity index (χ2n) is 2.62. The van der Waals surface area contributed by atoms with Gasteiger partial charge in [-0.05, 0) is 33.6 Å². The van der Waals surface area contributed by atoms with Gasteiger partial charge < -0.3 is 0 Å². The molecule has 0 aliphatic heterocycles. The van der Waals surface area contributed by atoms with Crippen molar-refractivity contribution in [2.24, 2.45) is 0 Å². The van der Waals surface area contributed by atoms with Gasteiger partial charge in [0, 0.05) is 20.5 Å². The largest absolute Gasteiger partial charge is 0.261 e. The van der Waals surface area contributed by atoms with E-state index < -0.39 is 9.05 Å². The van der Waals surface area contributed by atoms with Gasteiger partial charge in [0.25, 0.3) is 9.05 Å². The monoisotopic (exact) mass is 371 g/mol. The van der Waals surface area contributed by atoms with E-state index in [2.05, 4.69) is 31.9 Å². The molecule has 0 fully saturated rings. The molecule has 0 saturated carbocycles. The summed E-state index contributed by atoms with van der Waals surface area (Å²) in [5.41, 5.74) is 0.832. The van der Waals surface area contributed by atoms with Crippen LogP contribution >= 0.6 is 42.5 Å². The Kier molecular flexibility index (Phi) is 4.18. The van der Waals surface area contributed by atoms with Crippen molar-refractivity contribution in [3.8, 4) is 6.07 Å². The molecular weight excluding hydrogens is 369 g/mol. The Hall–Kier alpha value is -0.0900. The molecule has 0 spiro atoms. The molecule has 0 N–H and O–H groups in total. The third kappa shape index (κ3) is 2.94. The Morgan fingerprint density at radius 1 is 1.47 bits per heavy atom. The zero-order chi connectivity index (χ0) is 11.6. The van der Waals surface area contributed by atoms with Crippen molar-refractivity contribution >= 4 is 51.6 Å². The van der Waals surface area contributed by atoms with Crippen LogP contribution in [0.15, 0.2) is 21.5 Å². The molecule has 1 aromatic carbocycles. The van der Waals surface area contributed by atoms with Gasteiger partial charge in [-0.3, -0.25) is 0 Å². The topological polar surface area (TPSA) is 57.9 Å². The summed E-state index contributed by atoms with van der Waals surface area (Å²) in [5.74, 6) is 0. The Labute approximate surface area is 109 Å². The van der Waals surface area contributed by atoms with Crippen LogP contribution in [0.4, 0.5) is 0 Å². The van der Waals surface area contributed by atoms with E-state index in [1.54, 1.807) is 0 Å². The third-order valence-corrected chi connectivity index (χ3v) is 4.34. The number of hydrogen-bond donors (Lipinski definition) is 0. The number of hydrogen-bond acceptors (Lipinski definition) is 3. The summed E-state index contributed by atoms with van der Waals surface area (Å²) >= 11 is 6.24. The normalized spacial score (nSPS) is 11.1. The fraction of sp³-hybridized carbons (Fsp3) is 0.125. The minimum Gasteiger partial charge on any atom is -0.207 e. The van der Waals surface area contributed by atoms with Crippen LogP contribution in [0, 0.1) is 11.3 Å². The van der Waals surface area contributed by atoms with Gasteiger partial charge >= 0.3 is 0 Å². The van der Waals surface area contributed by atoms with Crippen molar-refractivity contribution in [1.82, 2.24) is 0 Å². The molecule has 0 heterocycles. The fourth-order valence-electron chi connectivity index (χ4n) is 1.02. The maximum Gasteiger partial charge on any atom is 0.261 e. The zero-order valence-electron chi connectivity index (χ0n) is 7.17. The predicted octanol–water partition coefficient (Wildman–Crippen LogP) is 3.14. The van der Waals surface area contributed by atoms with E-state index in [1.807, 2.05) is 6.07 Å². The summed E-state index contributed by atoms with van der Waals surface area (Å²) in [7, 11) is 1.47. The van der Waals surface area contributed by atoms with E-state index >= 15 is 0 Å². The lowest BCUT2D eigenvalue weighted by Crippen LogP contribution is -1.98. The molecule has 3 nitrogen and oxygen atoms in total. The SMILES string of the molecule is N#Cc1cc(CBr)c(S(=O)(=O)Cl)cc1Br. The molecule has 0 aromatic heterocycles. The van der Waals surface area contributed by atoms with Gasteiger partial charge in [-0.15, -0.1) is 0 Å². The summed E-state index contributed by atoms with van der Waals surface area (Å²) < 4.78 is 22.8. The van der Waals surface area contributed by atoms with Crippen molar-refractivity contribution in [3.05, 3.63) is 27.7 Å². The first-order chi connectivity index (χ1) is 6.90. The van der Waals surface area contributed by atoms with E-state index in [0.29, 0.717) is 20.9 Å². The van der Waals surface area contributed by atoms with Crippen LogP contribution in [0.1, 0.15) is 11.1 Å². The average Bonchev–Trinajstić information content (AvgIpc) is 2.16. The number of rotatable bonds is 2. The van der Waals surface area contributed by atoms with Gasteiger partial charge in [-0.2, -0.15) is 5.26 Å². The molecule has 0 bridgehead atoms. The van der Waals surface area contributed by atoms with Gasteiger partial charge in [0.15, 0.2) is 0 Å². The van der Waals surface area contributed by atoms with Gasteiger partial charge in [0.2, 0.25) is 0 Å². The Bertz CT molecular complexity index is 536. The molecule has 0 atom stereocenters. The molecular formula is C8H4Br2ClNO2S. The third-order valence-electron chi connectivity index (χ3n) is 1.68. The van der Waals surface area contributed by atoms with Crippen LogP contribution in [-0.2, 0) is 14.4 Å². The molecule has 7 heteroatoms. The van der Waals surface area contributed by atoms with Crippen LogP contribution in [0.5, 0.6) is 0 Å². The summed E-state index contributed by atoms with van der Waals surface area (Å²) in [5, 5.41) is 9.07. The minimum atomic E-state index is -3.79. The zero-order valence-corrected chi connectivity index (χ0v) is 11.9. The molecule has 0 radical (unpaired) electrons. The highest BCUT2D eigenvalue weighted by Gasteiger charge is 2.17. The summed E-state index contributed by atoms with van der Waals surface area (Å²) in [4.78, 5) is 0.00640. The average molecular weight is 373 g/mol. The van der Waals surface area contributed by atoms with E-state index in [1.165, 1.54) is 12.1 Å². The van der Waals surface area contributed by atoms with Crippen molar-refractivity contribution in [3.63, 3.8) is 0 Å². The second kappa shape index (κ2) is 4.83. The van der Waals surface area contributed by atoms with Gasteiger partial charge in [0.1, 0.15) is 6.07 Å². The number of benzene rings is 1. The molecule has 0 aliphatic carbocycles. The van der Waals surface area contributed by atoms with E-state index in [-0.39, 0.29) is 4.90 Å². The first kappa shape index (κ1) is 13.0. The molecule has 1 rings (SSSR count). The van der Waals surface area contributed by atoms with Crippen molar-refractivity contribution in [2.75, 3.05) is 0 Å². The summed E-state index contributed by atoms with van der Waals surface area (Å²) in [6, 6.07) is 4.75. The standard InChI is InChI=1S/C8H4Br2ClNO2S/c9-3-5-1-6(4-12)7(10)2-8(5)15(11,13)14/h1-2H,3H2. The number of nitrogens with zero attached hydrogens (tertiary/aromatic N) is 1. The predicted molar refractivity (Wildman–Crippen MR) is 64.5 cm³/mol. The smallest absolute Gasteiger partial charge is 0.207 e. The van der Waals surface area contributed by atoms with E-state index in [4.69, 9.17) is 15.9 Å². The first-order valence-corrected chi connectivity index (χ1v) is 7.85. The van der Waals surface area contributed by atoms with E-state index in [9.17, 15) is 8.42 Å². The molecule has 80 valence electrons. The highest BCUT2D eigenvalue weighted by Crippen LogP contribution is 2.28.